The Balaban J connectivity index is 1.93. The normalized spacial score (nSPS) is 22.7. The van der Waals surface area contributed by atoms with Crippen molar-refractivity contribution in [3.05, 3.63) is 30.4 Å². The maximum atomic E-state index is 3.97. The van der Waals surface area contributed by atoms with Gasteiger partial charge in [0.15, 0.2) is 0 Å². The Bertz CT molecular complexity index is 289. The molecule has 1 atom stereocenters. The van der Waals surface area contributed by atoms with E-state index in [0.29, 0.717) is 5.92 Å². The lowest BCUT2D eigenvalue weighted by Crippen LogP contribution is -2.28. The third-order valence-electron chi connectivity index (χ3n) is 2.48. The Morgan fingerprint density at radius 1 is 1.36 bits per heavy atom. The topological polar surface area (TPSA) is 37.8 Å². The maximum absolute atomic E-state index is 3.97. The monoisotopic (exact) mass is 189 g/mol. The minimum absolute atomic E-state index is 0.670. The van der Waals surface area contributed by atoms with Crippen molar-refractivity contribution >= 4 is 6.08 Å². The molecule has 0 saturated carbocycles. The van der Waals surface area contributed by atoms with Gasteiger partial charge in [-0.05, 0) is 25.3 Å². The van der Waals surface area contributed by atoms with E-state index in [-0.39, 0.29) is 0 Å². The fraction of sp³-hybridized carbons (Fsp3) is 0.455. The van der Waals surface area contributed by atoms with Gasteiger partial charge in [-0.2, -0.15) is 0 Å². The van der Waals surface area contributed by atoms with Crippen molar-refractivity contribution in [3.8, 4) is 0 Å². The Labute approximate surface area is 84.3 Å². The summed E-state index contributed by atoms with van der Waals surface area (Å²) in [7, 11) is 0. The maximum Gasteiger partial charge on any atom is 0.115 e. The van der Waals surface area contributed by atoms with Crippen molar-refractivity contribution in [1.82, 2.24) is 15.3 Å². The first kappa shape index (κ1) is 9.34. The molecule has 14 heavy (non-hydrogen) atoms. The summed E-state index contributed by atoms with van der Waals surface area (Å²) in [5, 5.41) is 3.39. The summed E-state index contributed by atoms with van der Waals surface area (Å²) in [5.74, 6) is 0.670. The summed E-state index contributed by atoms with van der Waals surface area (Å²) in [4.78, 5) is 7.94. The van der Waals surface area contributed by atoms with E-state index in [2.05, 4.69) is 27.4 Å². The number of hydrogen-bond donors (Lipinski definition) is 1. The van der Waals surface area contributed by atoms with Crippen LogP contribution in [-0.2, 0) is 0 Å². The molecule has 0 amide bonds. The first-order valence-corrected chi connectivity index (χ1v) is 5.09. The molecule has 1 aromatic rings. The molecule has 74 valence electrons. The third kappa shape index (κ3) is 2.64. The number of piperidine rings is 1. The molecule has 2 heterocycles. The first-order valence-electron chi connectivity index (χ1n) is 5.09. The minimum atomic E-state index is 0.670. The average molecular weight is 189 g/mol. The van der Waals surface area contributed by atoms with Gasteiger partial charge in [-0.1, -0.05) is 12.2 Å². The van der Waals surface area contributed by atoms with E-state index in [1.165, 1.54) is 19.4 Å². The molecule has 1 N–H and O–H groups in total. The summed E-state index contributed by atoms with van der Waals surface area (Å²) < 4.78 is 0. The Morgan fingerprint density at radius 3 is 2.93 bits per heavy atom. The van der Waals surface area contributed by atoms with Crippen LogP contribution in [0.1, 0.15) is 18.4 Å². The molecule has 0 aromatic carbocycles. The van der Waals surface area contributed by atoms with Crippen molar-refractivity contribution in [2.75, 3.05) is 13.1 Å². The zero-order chi connectivity index (χ0) is 9.64. The molecule has 1 aliphatic rings. The highest BCUT2D eigenvalue weighted by Gasteiger charge is 2.08. The zero-order valence-corrected chi connectivity index (χ0v) is 8.19. The highest BCUT2D eigenvalue weighted by atomic mass is 14.9. The number of hydrogen-bond acceptors (Lipinski definition) is 3. The second-order valence-electron chi connectivity index (χ2n) is 3.64. The van der Waals surface area contributed by atoms with Crippen molar-refractivity contribution in [2.45, 2.75) is 12.8 Å². The van der Waals surface area contributed by atoms with Gasteiger partial charge in [-0.3, -0.25) is 0 Å². The molecule has 2 rings (SSSR count). The van der Waals surface area contributed by atoms with E-state index in [0.717, 1.165) is 12.1 Å². The van der Waals surface area contributed by atoms with E-state index >= 15 is 0 Å². The highest BCUT2D eigenvalue weighted by Crippen LogP contribution is 2.12. The number of nitrogens with one attached hydrogen (secondary N) is 1. The van der Waals surface area contributed by atoms with Crippen LogP contribution in [0.4, 0.5) is 0 Å². The molecular weight excluding hydrogens is 174 g/mol. The minimum Gasteiger partial charge on any atom is -0.316 e. The van der Waals surface area contributed by atoms with Gasteiger partial charge >= 0.3 is 0 Å². The molecule has 1 aromatic heterocycles. The summed E-state index contributed by atoms with van der Waals surface area (Å²) in [5.41, 5.74) is 1.08. The molecule has 0 radical (unpaired) electrons. The molecule has 1 unspecified atom stereocenters. The van der Waals surface area contributed by atoms with E-state index < -0.39 is 0 Å². The number of aromatic nitrogens is 2. The molecule has 1 fully saturated rings. The summed E-state index contributed by atoms with van der Waals surface area (Å²) in [6, 6.07) is 0. The van der Waals surface area contributed by atoms with Crippen LogP contribution in [0.15, 0.2) is 24.8 Å². The fourth-order valence-corrected chi connectivity index (χ4v) is 1.69. The van der Waals surface area contributed by atoms with Gasteiger partial charge in [-0.15, -0.1) is 0 Å². The molecular formula is C11H15N3. The summed E-state index contributed by atoms with van der Waals surface area (Å²) >= 11 is 0. The Hall–Kier alpha value is -1.22. The smallest absolute Gasteiger partial charge is 0.115 e. The van der Waals surface area contributed by atoms with Gasteiger partial charge in [0.05, 0.1) is 0 Å². The molecule has 1 saturated heterocycles. The van der Waals surface area contributed by atoms with E-state index in [4.69, 9.17) is 0 Å². The highest BCUT2D eigenvalue weighted by molar-refractivity contribution is 5.46. The lowest BCUT2D eigenvalue weighted by molar-refractivity contribution is 0.439. The Morgan fingerprint density at radius 2 is 2.21 bits per heavy atom. The SMILES string of the molecule is C(=CC1CCCNC1)c1cncnc1. The standard InChI is InChI=1S/C11H15N3/c1-2-10(6-12-5-1)3-4-11-7-13-9-14-8-11/h3-4,7-10,12H,1-2,5-6H2. The molecule has 3 nitrogen and oxygen atoms in total. The van der Waals surface area contributed by atoms with Crippen molar-refractivity contribution < 1.29 is 0 Å². The first-order chi connectivity index (χ1) is 6.95. The predicted octanol–water partition coefficient (Wildman–Crippen LogP) is 1.49. The molecule has 1 aliphatic heterocycles. The van der Waals surface area contributed by atoms with Gasteiger partial charge < -0.3 is 5.32 Å². The van der Waals surface area contributed by atoms with Gasteiger partial charge in [0, 0.05) is 24.5 Å². The van der Waals surface area contributed by atoms with Crippen LogP contribution in [0.3, 0.4) is 0 Å². The number of nitrogens with zero attached hydrogens (tertiary/aromatic N) is 2. The molecule has 0 spiro atoms. The lowest BCUT2D eigenvalue weighted by atomic mass is 9.99. The largest absolute Gasteiger partial charge is 0.316 e. The Kier molecular flexibility index (Phi) is 3.24. The third-order valence-corrected chi connectivity index (χ3v) is 2.48. The van der Waals surface area contributed by atoms with Crippen molar-refractivity contribution in [2.24, 2.45) is 5.92 Å². The van der Waals surface area contributed by atoms with Gasteiger partial charge in [-0.25, -0.2) is 9.97 Å². The van der Waals surface area contributed by atoms with Crippen LogP contribution < -0.4 is 5.32 Å². The summed E-state index contributed by atoms with van der Waals surface area (Å²) in [6.07, 6.45) is 12.2. The lowest BCUT2D eigenvalue weighted by Gasteiger charge is -2.19. The van der Waals surface area contributed by atoms with Crippen LogP contribution in [-0.4, -0.2) is 23.1 Å². The van der Waals surface area contributed by atoms with E-state index in [1.54, 1.807) is 6.33 Å². The van der Waals surface area contributed by atoms with Crippen LogP contribution in [0.25, 0.3) is 6.08 Å². The second kappa shape index (κ2) is 4.86. The molecule has 3 heteroatoms. The van der Waals surface area contributed by atoms with Crippen molar-refractivity contribution in [3.63, 3.8) is 0 Å². The quantitative estimate of drug-likeness (QED) is 0.766. The van der Waals surface area contributed by atoms with Crippen LogP contribution in [0.5, 0.6) is 0 Å². The molecule has 0 bridgehead atoms. The fourth-order valence-electron chi connectivity index (χ4n) is 1.69. The number of rotatable bonds is 2. The van der Waals surface area contributed by atoms with Gasteiger partial charge in [0.2, 0.25) is 0 Å². The molecule has 0 aliphatic carbocycles. The van der Waals surface area contributed by atoms with Gasteiger partial charge in [0.1, 0.15) is 6.33 Å². The predicted molar refractivity (Wildman–Crippen MR) is 56.7 cm³/mol. The summed E-state index contributed by atoms with van der Waals surface area (Å²) in [6.45, 7) is 2.27. The van der Waals surface area contributed by atoms with Crippen molar-refractivity contribution in [1.29, 1.82) is 0 Å². The van der Waals surface area contributed by atoms with E-state index in [9.17, 15) is 0 Å². The second-order valence-corrected chi connectivity index (χ2v) is 3.64. The van der Waals surface area contributed by atoms with Crippen LogP contribution >= 0.6 is 0 Å². The van der Waals surface area contributed by atoms with Crippen LogP contribution in [0, 0.1) is 5.92 Å². The van der Waals surface area contributed by atoms with Crippen LogP contribution in [0.2, 0.25) is 0 Å². The van der Waals surface area contributed by atoms with Gasteiger partial charge in [0.25, 0.3) is 0 Å². The average Bonchev–Trinajstić information content (AvgIpc) is 2.29. The van der Waals surface area contributed by atoms with E-state index in [1.807, 2.05) is 12.4 Å². The zero-order valence-electron chi connectivity index (χ0n) is 8.19.